The zero-order chi connectivity index (χ0) is 23.8. The number of allylic oxidation sites excluding steroid dienone is 2. The summed E-state index contributed by atoms with van der Waals surface area (Å²) in [5.41, 5.74) is 2.34. The van der Waals surface area contributed by atoms with Crippen LogP contribution < -0.4 is 0 Å². The van der Waals surface area contributed by atoms with Crippen LogP contribution in [0.5, 0.6) is 0 Å². The summed E-state index contributed by atoms with van der Waals surface area (Å²) < 4.78 is 7.75. The van der Waals surface area contributed by atoms with Gasteiger partial charge in [0, 0.05) is 17.7 Å². The predicted molar refractivity (Wildman–Crippen MR) is 125 cm³/mol. The fraction of sp³-hybridized carbons (Fsp3) is 0.423. The number of hydrogen-bond donors (Lipinski definition) is 0. The van der Waals surface area contributed by atoms with Crippen molar-refractivity contribution in [2.24, 2.45) is 0 Å². The van der Waals surface area contributed by atoms with E-state index in [4.69, 9.17) is 4.74 Å². The van der Waals surface area contributed by atoms with Crippen LogP contribution in [0.1, 0.15) is 64.9 Å². The molecule has 7 nitrogen and oxygen atoms in total. The number of rotatable bonds is 9. The molecule has 0 amide bonds. The summed E-state index contributed by atoms with van der Waals surface area (Å²) in [4.78, 5) is 0. The highest BCUT2D eigenvalue weighted by Crippen LogP contribution is 2.45. The van der Waals surface area contributed by atoms with Gasteiger partial charge in [0.2, 0.25) is 0 Å². The van der Waals surface area contributed by atoms with Crippen LogP contribution >= 0.6 is 0 Å². The van der Waals surface area contributed by atoms with Crippen LogP contribution in [0.25, 0.3) is 16.8 Å². The fourth-order valence-corrected chi connectivity index (χ4v) is 4.07. The summed E-state index contributed by atoms with van der Waals surface area (Å²) >= 11 is 0. The lowest BCUT2D eigenvalue weighted by atomic mass is 9.88. The smallest absolute Gasteiger partial charge is 0.172 e. The molecular formula is C26H28N6O. The first-order valence-corrected chi connectivity index (χ1v) is 11.3. The zero-order valence-corrected chi connectivity index (χ0v) is 19.4. The van der Waals surface area contributed by atoms with Gasteiger partial charge < -0.3 is 4.74 Å². The number of nitrogens with zero attached hydrogens (tertiary/aromatic N) is 6. The maximum Gasteiger partial charge on any atom is 0.172 e. The van der Waals surface area contributed by atoms with Gasteiger partial charge in [-0.15, -0.1) is 5.10 Å². The van der Waals surface area contributed by atoms with Crippen LogP contribution in [0.3, 0.4) is 0 Å². The minimum atomic E-state index is -0.846. The van der Waals surface area contributed by atoms with E-state index >= 15 is 0 Å². The summed E-state index contributed by atoms with van der Waals surface area (Å²) in [6, 6.07) is 13.4. The molecule has 2 heterocycles. The van der Waals surface area contributed by atoms with Gasteiger partial charge in [-0.05, 0) is 25.8 Å². The van der Waals surface area contributed by atoms with Crippen molar-refractivity contribution in [1.29, 1.82) is 15.8 Å². The van der Waals surface area contributed by atoms with Crippen LogP contribution in [-0.4, -0.2) is 20.6 Å². The van der Waals surface area contributed by atoms with Crippen LogP contribution in [0.4, 0.5) is 0 Å². The molecule has 1 aliphatic rings. The molecule has 0 atom stereocenters. The molecule has 168 valence electrons. The van der Waals surface area contributed by atoms with Gasteiger partial charge in [-0.1, -0.05) is 68.5 Å². The van der Waals surface area contributed by atoms with Crippen LogP contribution in [0.2, 0.25) is 0 Å². The van der Waals surface area contributed by atoms with E-state index in [1.54, 1.807) is 0 Å². The van der Waals surface area contributed by atoms with Gasteiger partial charge >= 0.3 is 0 Å². The van der Waals surface area contributed by atoms with E-state index in [1.165, 1.54) is 32.1 Å². The van der Waals surface area contributed by atoms with Gasteiger partial charge in [0.1, 0.15) is 35.1 Å². The molecular weight excluding hydrogens is 412 g/mol. The third kappa shape index (κ3) is 5.30. The van der Waals surface area contributed by atoms with Crippen LogP contribution in [0.15, 0.2) is 47.4 Å². The highest BCUT2D eigenvalue weighted by molar-refractivity contribution is 5.84. The molecule has 1 aromatic heterocycles. The normalized spacial score (nSPS) is 14.4. The molecule has 3 rings (SSSR count). The lowest BCUT2D eigenvalue weighted by Gasteiger charge is -2.22. The Morgan fingerprint density at radius 3 is 2.24 bits per heavy atom. The Balaban J connectivity index is 1.78. The number of ether oxygens (including phenoxy) is 1. The van der Waals surface area contributed by atoms with Gasteiger partial charge in [-0.3, -0.25) is 4.68 Å². The number of aromatic nitrogens is 3. The Bertz CT molecular complexity index is 1160. The van der Waals surface area contributed by atoms with E-state index in [1.807, 2.05) is 61.1 Å². The summed E-state index contributed by atoms with van der Waals surface area (Å²) in [7, 11) is 0. The van der Waals surface area contributed by atoms with Gasteiger partial charge in [0.25, 0.3) is 0 Å². The molecule has 0 radical (unpaired) electrons. The lowest BCUT2D eigenvalue weighted by Crippen LogP contribution is -2.21. The van der Waals surface area contributed by atoms with E-state index < -0.39 is 5.60 Å². The first kappa shape index (κ1) is 23.8. The molecule has 0 aliphatic carbocycles. The van der Waals surface area contributed by atoms with Crippen molar-refractivity contribution in [1.82, 2.24) is 15.0 Å². The molecule has 33 heavy (non-hydrogen) atoms. The first-order valence-electron chi connectivity index (χ1n) is 11.3. The molecule has 2 aromatic rings. The van der Waals surface area contributed by atoms with E-state index in [2.05, 4.69) is 23.3 Å². The molecule has 0 saturated heterocycles. The van der Waals surface area contributed by atoms with Gasteiger partial charge in [-0.2, -0.15) is 15.8 Å². The third-order valence-corrected chi connectivity index (χ3v) is 5.75. The summed E-state index contributed by atoms with van der Waals surface area (Å²) in [5.74, 6) is 0.0456. The number of benzene rings is 1. The molecule has 0 bridgehead atoms. The highest BCUT2D eigenvalue weighted by Gasteiger charge is 2.40. The van der Waals surface area contributed by atoms with Crippen LogP contribution in [0, 0.1) is 34.0 Å². The van der Waals surface area contributed by atoms with Gasteiger partial charge in [0.05, 0.1) is 6.20 Å². The molecule has 0 spiro atoms. The average molecular weight is 441 g/mol. The molecule has 1 aliphatic heterocycles. The Kier molecular flexibility index (Phi) is 7.65. The number of nitriles is 3. The monoisotopic (exact) mass is 440 g/mol. The minimum absolute atomic E-state index is 0.0456. The van der Waals surface area contributed by atoms with Crippen molar-refractivity contribution >= 4 is 5.57 Å². The van der Waals surface area contributed by atoms with E-state index in [-0.39, 0.29) is 16.9 Å². The zero-order valence-electron chi connectivity index (χ0n) is 19.4. The lowest BCUT2D eigenvalue weighted by molar-refractivity contribution is 0.109. The van der Waals surface area contributed by atoms with Crippen molar-refractivity contribution in [3.05, 3.63) is 52.9 Å². The predicted octanol–water partition coefficient (Wildman–Crippen LogP) is 5.69. The highest BCUT2D eigenvalue weighted by atomic mass is 16.5. The van der Waals surface area contributed by atoms with E-state index in [0.717, 1.165) is 29.8 Å². The topological polar surface area (TPSA) is 111 Å². The largest absolute Gasteiger partial charge is 0.480 e. The molecule has 0 saturated carbocycles. The standard InChI is InChI=1S/C26H28N6O/c1-4-5-6-7-8-9-14-32-18-23(30-31-32)19-10-12-20(13-11-19)24-22(17-29)25(21(15-27)16-28)33-26(24,2)3/h10-13,18H,4-9,14H2,1-3H3. The maximum atomic E-state index is 9.74. The van der Waals surface area contributed by atoms with Crippen molar-refractivity contribution in [2.75, 3.05) is 0 Å². The van der Waals surface area contributed by atoms with Crippen molar-refractivity contribution in [3.8, 4) is 29.5 Å². The minimum Gasteiger partial charge on any atom is -0.480 e. The Morgan fingerprint density at radius 2 is 1.61 bits per heavy atom. The summed E-state index contributed by atoms with van der Waals surface area (Å²) in [6.07, 6.45) is 9.36. The van der Waals surface area contributed by atoms with Crippen molar-refractivity contribution in [2.45, 2.75) is 71.4 Å². The summed E-state index contributed by atoms with van der Waals surface area (Å²) in [5, 5.41) is 36.8. The molecule has 0 fully saturated rings. The molecule has 1 aromatic carbocycles. The number of hydrogen-bond acceptors (Lipinski definition) is 6. The second-order valence-corrected chi connectivity index (χ2v) is 8.61. The quantitative estimate of drug-likeness (QED) is 0.365. The van der Waals surface area contributed by atoms with Gasteiger partial charge in [0.15, 0.2) is 11.3 Å². The molecule has 7 heteroatoms. The average Bonchev–Trinajstić information content (AvgIpc) is 3.39. The maximum absolute atomic E-state index is 9.74. The third-order valence-electron chi connectivity index (χ3n) is 5.75. The number of aryl methyl sites for hydroxylation is 1. The Hall–Kier alpha value is -3.89. The molecule has 0 unspecified atom stereocenters. The van der Waals surface area contributed by atoms with Crippen molar-refractivity contribution < 1.29 is 4.74 Å². The second-order valence-electron chi connectivity index (χ2n) is 8.61. The van der Waals surface area contributed by atoms with E-state index in [0.29, 0.717) is 5.57 Å². The Morgan fingerprint density at radius 1 is 0.970 bits per heavy atom. The second kappa shape index (κ2) is 10.6. The fourth-order valence-electron chi connectivity index (χ4n) is 4.07. The molecule has 0 N–H and O–H groups in total. The summed E-state index contributed by atoms with van der Waals surface area (Å²) in [6.45, 7) is 6.72. The number of unbranched alkanes of at least 4 members (excludes halogenated alkanes) is 5. The first-order chi connectivity index (χ1) is 15.9. The van der Waals surface area contributed by atoms with Gasteiger partial charge in [-0.25, -0.2) is 0 Å². The SMILES string of the molecule is CCCCCCCCn1cc(-c2ccc(C3=C(C#N)C(=C(C#N)C#N)OC3(C)C)cc2)nn1. The van der Waals surface area contributed by atoms with Crippen molar-refractivity contribution in [3.63, 3.8) is 0 Å². The van der Waals surface area contributed by atoms with Crippen LogP contribution in [-0.2, 0) is 11.3 Å². The van der Waals surface area contributed by atoms with E-state index in [9.17, 15) is 15.8 Å². The Labute approximate surface area is 195 Å².